The van der Waals surface area contributed by atoms with Gasteiger partial charge >= 0.3 is 0 Å². The van der Waals surface area contributed by atoms with Gasteiger partial charge in [-0.1, -0.05) is 20.3 Å². The molecule has 1 fully saturated rings. The summed E-state index contributed by atoms with van der Waals surface area (Å²) in [5.41, 5.74) is 5.68. The van der Waals surface area contributed by atoms with Gasteiger partial charge < -0.3 is 5.73 Å². The van der Waals surface area contributed by atoms with Crippen LogP contribution in [-0.2, 0) is 10.2 Å². The molecule has 1 rings (SSSR count). The highest BCUT2D eigenvalue weighted by molar-refractivity contribution is 7.87. The van der Waals surface area contributed by atoms with Crippen molar-refractivity contribution in [3.63, 3.8) is 0 Å². The Morgan fingerprint density at radius 2 is 1.94 bits per heavy atom. The molecule has 1 unspecified atom stereocenters. The molecule has 108 valence electrons. The summed E-state index contributed by atoms with van der Waals surface area (Å²) in [4.78, 5) is 0. The van der Waals surface area contributed by atoms with Crippen LogP contribution in [0.25, 0.3) is 0 Å². The third-order valence-electron chi connectivity index (χ3n) is 4.07. The first kappa shape index (κ1) is 15.9. The summed E-state index contributed by atoms with van der Waals surface area (Å²) >= 11 is 0. The van der Waals surface area contributed by atoms with E-state index < -0.39 is 15.7 Å². The van der Waals surface area contributed by atoms with E-state index in [2.05, 4.69) is 4.72 Å². The summed E-state index contributed by atoms with van der Waals surface area (Å²) in [6.07, 6.45) is 4.53. The van der Waals surface area contributed by atoms with E-state index in [4.69, 9.17) is 5.73 Å². The molecule has 1 aliphatic heterocycles. The van der Waals surface area contributed by atoms with Gasteiger partial charge in [-0.25, -0.2) is 4.72 Å². The van der Waals surface area contributed by atoms with E-state index in [0.29, 0.717) is 13.1 Å². The van der Waals surface area contributed by atoms with E-state index in [1.165, 1.54) is 0 Å². The SMILES string of the molecule is CCC(N)(CC)CNS(=O)(=O)N1CCCCC1C. The van der Waals surface area contributed by atoms with Crippen molar-refractivity contribution in [1.82, 2.24) is 9.03 Å². The third-order valence-corrected chi connectivity index (χ3v) is 5.73. The number of nitrogens with zero attached hydrogens (tertiary/aromatic N) is 1. The lowest BCUT2D eigenvalue weighted by Gasteiger charge is -2.34. The van der Waals surface area contributed by atoms with Crippen LogP contribution < -0.4 is 10.5 Å². The maximum atomic E-state index is 12.2. The highest BCUT2D eigenvalue weighted by atomic mass is 32.2. The van der Waals surface area contributed by atoms with Gasteiger partial charge in [0.2, 0.25) is 0 Å². The first-order chi connectivity index (χ1) is 8.34. The van der Waals surface area contributed by atoms with Gasteiger partial charge in [-0.05, 0) is 32.6 Å². The van der Waals surface area contributed by atoms with Crippen LogP contribution in [0.2, 0.25) is 0 Å². The van der Waals surface area contributed by atoms with Crippen molar-refractivity contribution in [2.45, 2.75) is 64.5 Å². The Morgan fingerprint density at radius 3 is 2.44 bits per heavy atom. The summed E-state index contributed by atoms with van der Waals surface area (Å²) in [6, 6.07) is 0.0895. The minimum absolute atomic E-state index is 0.0895. The molecule has 6 heteroatoms. The van der Waals surface area contributed by atoms with Gasteiger partial charge in [0, 0.05) is 24.7 Å². The summed E-state index contributed by atoms with van der Waals surface area (Å²) in [6.45, 7) is 6.87. The van der Waals surface area contributed by atoms with E-state index in [-0.39, 0.29) is 6.04 Å². The lowest BCUT2D eigenvalue weighted by molar-refractivity contribution is 0.263. The zero-order valence-corrected chi connectivity index (χ0v) is 12.6. The maximum Gasteiger partial charge on any atom is 0.279 e. The van der Waals surface area contributed by atoms with Crippen LogP contribution in [-0.4, -0.2) is 37.4 Å². The van der Waals surface area contributed by atoms with E-state index in [1.807, 2.05) is 20.8 Å². The largest absolute Gasteiger partial charge is 0.324 e. The van der Waals surface area contributed by atoms with Crippen LogP contribution in [0.15, 0.2) is 0 Å². The van der Waals surface area contributed by atoms with E-state index in [9.17, 15) is 8.42 Å². The molecule has 0 saturated carbocycles. The van der Waals surface area contributed by atoms with Crippen molar-refractivity contribution in [2.24, 2.45) is 5.73 Å². The quantitative estimate of drug-likeness (QED) is 0.766. The number of nitrogens with two attached hydrogens (primary N) is 1. The lowest BCUT2D eigenvalue weighted by Crippen LogP contribution is -2.54. The second-order valence-electron chi connectivity index (χ2n) is 5.35. The zero-order valence-electron chi connectivity index (χ0n) is 11.8. The smallest absolute Gasteiger partial charge is 0.279 e. The fraction of sp³-hybridized carbons (Fsp3) is 1.00. The van der Waals surface area contributed by atoms with Crippen molar-refractivity contribution >= 4 is 10.2 Å². The van der Waals surface area contributed by atoms with Gasteiger partial charge in [0.05, 0.1) is 0 Å². The molecule has 0 amide bonds. The highest BCUT2D eigenvalue weighted by Gasteiger charge is 2.31. The number of hydrogen-bond donors (Lipinski definition) is 2. The van der Waals surface area contributed by atoms with Crippen molar-refractivity contribution in [2.75, 3.05) is 13.1 Å². The van der Waals surface area contributed by atoms with Crippen molar-refractivity contribution in [1.29, 1.82) is 0 Å². The predicted octanol–water partition coefficient (Wildman–Crippen LogP) is 1.21. The molecule has 0 aromatic rings. The Kier molecular flexibility index (Phi) is 5.58. The Hall–Kier alpha value is -0.170. The van der Waals surface area contributed by atoms with Gasteiger partial charge in [-0.15, -0.1) is 0 Å². The Balaban J connectivity index is 2.64. The lowest BCUT2D eigenvalue weighted by atomic mass is 9.95. The molecule has 0 radical (unpaired) electrons. The monoisotopic (exact) mass is 277 g/mol. The molecule has 0 aromatic carbocycles. The standard InChI is InChI=1S/C12H27N3O2S/c1-4-12(13,5-2)10-14-18(16,17)15-9-7-6-8-11(15)3/h11,14H,4-10,13H2,1-3H3. The van der Waals surface area contributed by atoms with Crippen LogP contribution in [0.4, 0.5) is 0 Å². The molecule has 5 nitrogen and oxygen atoms in total. The predicted molar refractivity (Wildman–Crippen MR) is 74.4 cm³/mol. The van der Waals surface area contributed by atoms with Crippen LogP contribution >= 0.6 is 0 Å². The number of nitrogens with one attached hydrogen (secondary N) is 1. The summed E-state index contributed by atoms with van der Waals surface area (Å²) < 4.78 is 28.7. The normalized spacial score (nSPS) is 23.2. The Bertz CT molecular complexity index is 352. The topological polar surface area (TPSA) is 75.4 Å². The van der Waals surface area contributed by atoms with Gasteiger partial charge in [0.1, 0.15) is 0 Å². The Labute approximate surface area is 111 Å². The molecule has 18 heavy (non-hydrogen) atoms. The van der Waals surface area contributed by atoms with E-state index in [1.54, 1.807) is 4.31 Å². The second kappa shape index (κ2) is 6.32. The summed E-state index contributed by atoms with van der Waals surface area (Å²) in [5.74, 6) is 0. The first-order valence-corrected chi connectivity index (χ1v) is 8.34. The average Bonchev–Trinajstić information content (AvgIpc) is 2.36. The highest BCUT2D eigenvalue weighted by Crippen LogP contribution is 2.19. The zero-order chi connectivity index (χ0) is 13.8. The molecule has 0 bridgehead atoms. The van der Waals surface area contributed by atoms with Gasteiger partial charge in [0.15, 0.2) is 0 Å². The molecule has 1 heterocycles. The average molecular weight is 277 g/mol. The van der Waals surface area contributed by atoms with Crippen LogP contribution in [0.1, 0.15) is 52.9 Å². The molecule has 1 atom stereocenters. The van der Waals surface area contributed by atoms with Crippen molar-refractivity contribution < 1.29 is 8.42 Å². The molecule has 3 N–H and O–H groups in total. The minimum Gasteiger partial charge on any atom is -0.324 e. The van der Waals surface area contributed by atoms with E-state index >= 15 is 0 Å². The van der Waals surface area contributed by atoms with Gasteiger partial charge in [0.25, 0.3) is 10.2 Å². The summed E-state index contributed by atoms with van der Waals surface area (Å²) in [5, 5.41) is 0. The maximum absolute atomic E-state index is 12.2. The minimum atomic E-state index is -3.38. The van der Waals surface area contributed by atoms with Gasteiger partial charge in [-0.2, -0.15) is 12.7 Å². The molecular formula is C12H27N3O2S. The first-order valence-electron chi connectivity index (χ1n) is 6.90. The second-order valence-corrected chi connectivity index (χ2v) is 7.06. The molecular weight excluding hydrogens is 250 g/mol. The Morgan fingerprint density at radius 1 is 1.33 bits per heavy atom. The fourth-order valence-corrected chi connectivity index (χ4v) is 3.83. The van der Waals surface area contributed by atoms with Crippen molar-refractivity contribution in [3.05, 3.63) is 0 Å². The molecule has 1 saturated heterocycles. The summed E-state index contributed by atoms with van der Waals surface area (Å²) in [7, 11) is -3.38. The third kappa shape index (κ3) is 3.91. The number of rotatable bonds is 6. The van der Waals surface area contributed by atoms with Crippen LogP contribution in [0.3, 0.4) is 0 Å². The van der Waals surface area contributed by atoms with Crippen LogP contribution in [0, 0.1) is 0 Å². The molecule has 0 aliphatic carbocycles. The van der Waals surface area contributed by atoms with Crippen LogP contribution in [0.5, 0.6) is 0 Å². The number of piperidine rings is 1. The van der Waals surface area contributed by atoms with Crippen molar-refractivity contribution in [3.8, 4) is 0 Å². The molecule has 1 aliphatic rings. The molecule has 0 aromatic heterocycles. The molecule has 0 spiro atoms. The van der Waals surface area contributed by atoms with E-state index in [0.717, 1.165) is 32.1 Å². The number of hydrogen-bond acceptors (Lipinski definition) is 3. The van der Waals surface area contributed by atoms with Gasteiger partial charge in [-0.3, -0.25) is 0 Å². The fourth-order valence-electron chi connectivity index (χ4n) is 2.25.